The molecule has 2 amide bonds. The Morgan fingerprint density at radius 1 is 0.844 bits per heavy atom. The van der Waals surface area contributed by atoms with Crippen molar-refractivity contribution >= 4 is 27.5 Å². The molecular weight excluding hydrogens is 426 g/mol. The maximum absolute atomic E-state index is 12.8. The summed E-state index contributed by atoms with van der Waals surface area (Å²) in [4.78, 5) is 26.0. The number of amides is 2. The van der Waals surface area contributed by atoms with E-state index in [-0.39, 0.29) is 16.7 Å². The molecular formula is C24H25N3O4S. The number of benzene rings is 3. The number of anilines is 1. The first-order valence-corrected chi connectivity index (χ1v) is 11.4. The minimum absolute atomic E-state index is 0.0714. The van der Waals surface area contributed by atoms with Crippen molar-refractivity contribution < 1.29 is 18.0 Å². The lowest BCUT2D eigenvalue weighted by atomic mass is 10.1. The summed E-state index contributed by atoms with van der Waals surface area (Å²) in [6, 6.07) is 19.8. The molecule has 166 valence electrons. The number of nitrogens with one attached hydrogen (secondary N) is 2. The Hall–Kier alpha value is -3.65. The number of hydrogen-bond acceptors (Lipinski definition) is 4. The second-order valence-electron chi connectivity index (χ2n) is 7.43. The van der Waals surface area contributed by atoms with Gasteiger partial charge in [-0.15, -0.1) is 0 Å². The van der Waals surface area contributed by atoms with Crippen LogP contribution in [0.25, 0.3) is 0 Å². The molecule has 0 atom stereocenters. The summed E-state index contributed by atoms with van der Waals surface area (Å²) in [5.41, 5.74) is 3.29. The van der Waals surface area contributed by atoms with E-state index in [9.17, 15) is 18.0 Å². The highest BCUT2D eigenvalue weighted by Gasteiger charge is 2.17. The van der Waals surface area contributed by atoms with E-state index in [2.05, 4.69) is 10.0 Å². The Morgan fingerprint density at radius 3 is 1.97 bits per heavy atom. The molecule has 0 unspecified atom stereocenters. The molecule has 3 aromatic carbocycles. The zero-order chi connectivity index (χ0) is 23.3. The van der Waals surface area contributed by atoms with E-state index in [1.807, 2.05) is 19.1 Å². The van der Waals surface area contributed by atoms with Crippen LogP contribution in [0.1, 0.15) is 31.8 Å². The fourth-order valence-electron chi connectivity index (χ4n) is 3.08. The van der Waals surface area contributed by atoms with Crippen LogP contribution in [0.5, 0.6) is 0 Å². The first-order valence-electron chi connectivity index (χ1n) is 9.95. The molecule has 0 bridgehead atoms. The average molecular weight is 452 g/mol. The van der Waals surface area contributed by atoms with Crippen molar-refractivity contribution in [3.63, 3.8) is 0 Å². The van der Waals surface area contributed by atoms with Crippen LogP contribution >= 0.6 is 0 Å². The molecule has 3 aromatic rings. The van der Waals surface area contributed by atoms with E-state index in [0.717, 1.165) is 11.1 Å². The lowest BCUT2D eigenvalue weighted by Crippen LogP contribution is -2.26. The monoisotopic (exact) mass is 451 g/mol. The van der Waals surface area contributed by atoms with Crippen LogP contribution in [0.3, 0.4) is 0 Å². The molecule has 0 spiro atoms. The summed E-state index contributed by atoms with van der Waals surface area (Å²) in [6.45, 7) is 2.27. The largest absolute Gasteiger partial charge is 0.355 e. The molecule has 0 aromatic heterocycles. The second kappa shape index (κ2) is 9.65. The van der Waals surface area contributed by atoms with Crippen molar-refractivity contribution in [3.05, 3.63) is 95.1 Å². The Labute approximate surface area is 188 Å². The van der Waals surface area contributed by atoms with E-state index >= 15 is 0 Å². The normalized spacial score (nSPS) is 11.0. The highest BCUT2D eigenvalue weighted by atomic mass is 32.2. The number of sulfonamides is 1. The summed E-state index contributed by atoms with van der Waals surface area (Å²) >= 11 is 0. The maximum Gasteiger partial charge on any atom is 0.261 e. The molecule has 32 heavy (non-hydrogen) atoms. The van der Waals surface area contributed by atoms with Crippen LogP contribution in [-0.2, 0) is 16.6 Å². The van der Waals surface area contributed by atoms with Gasteiger partial charge in [0.25, 0.3) is 21.8 Å². The summed E-state index contributed by atoms with van der Waals surface area (Å²) in [5, 5.41) is 2.56. The maximum atomic E-state index is 12.8. The molecule has 0 radical (unpaired) electrons. The van der Waals surface area contributed by atoms with Crippen LogP contribution in [0, 0.1) is 6.92 Å². The molecule has 7 nitrogen and oxygen atoms in total. The lowest BCUT2D eigenvalue weighted by Gasteiger charge is -2.18. The molecule has 0 fully saturated rings. The third-order valence-electron chi connectivity index (χ3n) is 4.92. The van der Waals surface area contributed by atoms with Gasteiger partial charge in [-0.05, 0) is 61.0 Å². The minimum Gasteiger partial charge on any atom is -0.355 e. The number of hydrogen-bond donors (Lipinski definition) is 2. The number of aryl methyl sites for hydroxylation is 1. The molecule has 0 saturated heterocycles. The van der Waals surface area contributed by atoms with Gasteiger partial charge < -0.3 is 10.2 Å². The van der Waals surface area contributed by atoms with Gasteiger partial charge in [-0.25, -0.2) is 8.42 Å². The lowest BCUT2D eigenvalue weighted by molar-refractivity contribution is 0.0784. The zero-order valence-electron chi connectivity index (χ0n) is 18.1. The van der Waals surface area contributed by atoms with Gasteiger partial charge >= 0.3 is 0 Å². The quantitative estimate of drug-likeness (QED) is 0.575. The number of carbonyl (C=O) groups excluding carboxylic acids is 2. The van der Waals surface area contributed by atoms with Gasteiger partial charge in [-0.1, -0.05) is 29.8 Å². The fraction of sp³-hybridized carbons (Fsp3) is 0.167. The van der Waals surface area contributed by atoms with E-state index < -0.39 is 10.0 Å². The van der Waals surface area contributed by atoms with Gasteiger partial charge in [0.2, 0.25) is 0 Å². The van der Waals surface area contributed by atoms with Crippen LogP contribution in [0.2, 0.25) is 0 Å². The number of nitrogens with zero attached hydrogens (tertiary/aromatic N) is 1. The SMILES string of the molecule is CNC(=O)c1ccc(CN(C)C(=O)c2ccc(S(=O)(=O)Nc3ccc(C)cc3)cc2)cc1. The third kappa shape index (κ3) is 5.53. The zero-order valence-corrected chi connectivity index (χ0v) is 18.9. The van der Waals surface area contributed by atoms with E-state index in [1.165, 1.54) is 29.2 Å². The molecule has 0 aliphatic rings. The molecule has 0 aliphatic heterocycles. The highest BCUT2D eigenvalue weighted by molar-refractivity contribution is 7.92. The molecule has 8 heteroatoms. The topological polar surface area (TPSA) is 95.6 Å². The summed E-state index contributed by atoms with van der Waals surface area (Å²) in [6.07, 6.45) is 0. The van der Waals surface area contributed by atoms with Gasteiger partial charge in [0, 0.05) is 37.5 Å². The first-order chi connectivity index (χ1) is 15.2. The van der Waals surface area contributed by atoms with E-state index in [0.29, 0.717) is 23.4 Å². The first kappa shape index (κ1) is 23.0. The summed E-state index contributed by atoms with van der Waals surface area (Å²) < 4.78 is 27.7. The van der Waals surface area contributed by atoms with Gasteiger partial charge in [0.05, 0.1) is 4.90 Å². The van der Waals surface area contributed by atoms with Crippen LogP contribution in [0.4, 0.5) is 5.69 Å². The number of rotatable bonds is 7. The van der Waals surface area contributed by atoms with Crippen LogP contribution in [-0.4, -0.2) is 39.2 Å². The molecule has 0 heterocycles. The van der Waals surface area contributed by atoms with Crippen molar-refractivity contribution in [2.24, 2.45) is 0 Å². The summed E-state index contributed by atoms with van der Waals surface area (Å²) in [7, 11) is -0.526. The molecule has 2 N–H and O–H groups in total. The fourth-order valence-corrected chi connectivity index (χ4v) is 4.14. The average Bonchev–Trinajstić information content (AvgIpc) is 2.80. The minimum atomic E-state index is -3.76. The van der Waals surface area contributed by atoms with Crippen molar-refractivity contribution in [1.29, 1.82) is 0 Å². The second-order valence-corrected chi connectivity index (χ2v) is 9.12. The third-order valence-corrected chi connectivity index (χ3v) is 6.32. The van der Waals surface area contributed by atoms with Gasteiger partial charge in [0.1, 0.15) is 0 Å². The molecule has 0 saturated carbocycles. The van der Waals surface area contributed by atoms with Crippen LogP contribution in [0.15, 0.2) is 77.7 Å². The Kier molecular flexibility index (Phi) is 6.95. The Bertz CT molecular complexity index is 1200. The van der Waals surface area contributed by atoms with Crippen molar-refractivity contribution in [2.45, 2.75) is 18.4 Å². The predicted molar refractivity (Wildman–Crippen MR) is 124 cm³/mol. The van der Waals surface area contributed by atoms with Gasteiger partial charge in [-0.3, -0.25) is 14.3 Å². The molecule has 0 aliphatic carbocycles. The standard InChI is InChI=1S/C24H25N3O4S/c1-17-4-12-21(13-5-17)26-32(30,31)22-14-10-20(11-15-22)24(29)27(3)16-18-6-8-19(9-7-18)23(28)25-2/h4-15,26H,16H2,1-3H3,(H,25,28). The van der Waals surface area contributed by atoms with Gasteiger partial charge in [-0.2, -0.15) is 0 Å². The Balaban J connectivity index is 1.67. The van der Waals surface area contributed by atoms with Crippen molar-refractivity contribution in [3.8, 4) is 0 Å². The van der Waals surface area contributed by atoms with Gasteiger partial charge in [0.15, 0.2) is 0 Å². The Morgan fingerprint density at radius 2 is 1.41 bits per heavy atom. The number of carbonyl (C=O) groups is 2. The molecule has 3 rings (SSSR count). The van der Waals surface area contributed by atoms with Crippen molar-refractivity contribution in [1.82, 2.24) is 10.2 Å². The predicted octanol–water partition coefficient (Wildman–Crippen LogP) is 3.43. The van der Waals surface area contributed by atoms with Crippen molar-refractivity contribution in [2.75, 3.05) is 18.8 Å². The van der Waals surface area contributed by atoms with E-state index in [1.54, 1.807) is 50.5 Å². The van der Waals surface area contributed by atoms with E-state index in [4.69, 9.17) is 0 Å². The van der Waals surface area contributed by atoms with Crippen LogP contribution < -0.4 is 10.0 Å². The highest BCUT2D eigenvalue weighted by Crippen LogP contribution is 2.18. The smallest absolute Gasteiger partial charge is 0.261 e. The summed E-state index contributed by atoms with van der Waals surface area (Å²) in [5.74, 6) is -0.413.